The summed E-state index contributed by atoms with van der Waals surface area (Å²) in [6.07, 6.45) is -0.284. The minimum atomic E-state index is -4.56. The summed E-state index contributed by atoms with van der Waals surface area (Å²) in [5.41, 5.74) is -0.779. The number of hydrogen-bond acceptors (Lipinski definition) is 4. The van der Waals surface area contributed by atoms with E-state index in [0.29, 0.717) is 29.6 Å². The lowest BCUT2D eigenvalue weighted by atomic mass is 9.86. The van der Waals surface area contributed by atoms with Crippen LogP contribution < -0.4 is 5.32 Å². The highest BCUT2D eigenvalue weighted by Gasteiger charge is 2.62. The number of benzene rings is 1. The van der Waals surface area contributed by atoms with Crippen molar-refractivity contribution in [3.05, 3.63) is 58.5 Å². The number of H-pyrrole nitrogens is 1. The second-order valence-electron chi connectivity index (χ2n) is 8.01. The molecule has 1 aromatic carbocycles. The minimum absolute atomic E-state index is 0.0404. The van der Waals surface area contributed by atoms with Gasteiger partial charge in [0.05, 0.1) is 28.4 Å². The van der Waals surface area contributed by atoms with Crippen molar-refractivity contribution >= 4 is 28.4 Å². The molecule has 2 aliphatic rings. The molecule has 0 spiro atoms. The fourth-order valence-corrected chi connectivity index (χ4v) is 4.87. The Morgan fingerprint density at radius 1 is 1.20 bits per heavy atom. The number of carbonyl (C=O) groups excluding carboxylic acids is 1. The second kappa shape index (κ2) is 6.42. The lowest BCUT2D eigenvalue weighted by Gasteiger charge is -2.27. The largest absolute Gasteiger partial charge is 0.417 e. The molecule has 1 amide bonds. The van der Waals surface area contributed by atoms with E-state index in [1.807, 2.05) is 0 Å². The van der Waals surface area contributed by atoms with Crippen LogP contribution in [0.2, 0.25) is 5.02 Å². The SMILES string of the molecule is O=C(NC1C2CC(O)(c3cc(Cl)cc4[nH]ncc34)CC21)c1cncc(C(F)(F)F)c1. The van der Waals surface area contributed by atoms with Crippen LogP contribution in [0, 0.1) is 11.8 Å². The summed E-state index contributed by atoms with van der Waals surface area (Å²) in [5.74, 6) is -0.520. The van der Waals surface area contributed by atoms with Crippen LogP contribution in [0.5, 0.6) is 0 Å². The van der Waals surface area contributed by atoms with Crippen molar-refractivity contribution in [1.82, 2.24) is 20.5 Å². The number of fused-ring (bicyclic) bond motifs is 2. The number of aromatic nitrogens is 3. The molecule has 2 atom stereocenters. The smallest absolute Gasteiger partial charge is 0.385 e. The van der Waals surface area contributed by atoms with Crippen molar-refractivity contribution in [2.75, 3.05) is 0 Å². The van der Waals surface area contributed by atoms with Gasteiger partial charge in [0.15, 0.2) is 0 Å². The van der Waals surface area contributed by atoms with Crippen molar-refractivity contribution in [1.29, 1.82) is 0 Å². The van der Waals surface area contributed by atoms with Gasteiger partial charge in [-0.15, -0.1) is 0 Å². The van der Waals surface area contributed by atoms with E-state index in [-0.39, 0.29) is 23.4 Å². The van der Waals surface area contributed by atoms with Gasteiger partial charge < -0.3 is 10.4 Å². The lowest BCUT2D eigenvalue weighted by molar-refractivity contribution is -0.137. The fraction of sp³-hybridized carbons (Fsp3) is 0.350. The number of hydrogen-bond donors (Lipinski definition) is 3. The van der Waals surface area contributed by atoms with Gasteiger partial charge in [0.25, 0.3) is 5.91 Å². The number of alkyl halides is 3. The number of nitrogens with one attached hydrogen (secondary N) is 2. The number of aliphatic hydroxyl groups is 1. The maximum absolute atomic E-state index is 12.8. The van der Waals surface area contributed by atoms with Gasteiger partial charge >= 0.3 is 6.18 Å². The maximum Gasteiger partial charge on any atom is 0.417 e. The molecule has 2 fully saturated rings. The van der Waals surface area contributed by atoms with Crippen molar-refractivity contribution in [3.8, 4) is 0 Å². The van der Waals surface area contributed by atoms with Gasteiger partial charge in [-0.05, 0) is 48.4 Å². The van der Waals surface area contributed by atoms with Gasteiger partial charge in [-0.3, -0.25) is 14.9 Å². The molecule has 0 bridgehead atoms. The standard InChI is InChI=1S/C20H16ClF3N4O2/c21-11-2-15(14-8-26-28-16(14)3-11)19(30)4-12-13(5-19)17(12)27-18(29)9-1-10(7-25-6-9)20(22,23)24/h1-3,6-8,12-13,17,30H,4-5H2,(H,26,28)(H,27,29). The van der Waals surface area contributed by atoms with Crippen LogP contribution in [0.1, 0.15) is 34.3 Å². The zero-order valence-electron chi connectivity index (χ0n) is 15.4. The summed E-state index contributed by atoms with van der Waals surface area (Å²) in [6.45, 7) is 0. The molecule has 156 valence electrons. The van der Waals surface area contributed by atoms with Gasteiger partial charge in [-0.2, -0.15) is 18.3 Å². The number of halogens is 4. The van der Waals surface area contributed by atoms with Gasteiger partial charge in [0.2, 0.25) is 0 Å². The molecule has 6 nitrogen and oxygen atoms in total. The fourth-order valence-electron chi connectivity index (χ4n) is 4.65. The zero-order valence-corrected chi connectivity index (χ0v) is 16.1. The molecule has 10 heteroatoms. The minimum Gasteiger partial charge on any atom is -0.385 e. The monoisotopic (exact) mass is 436 g/mol. The maximum atomic E-state index is 12.8. The van der Waals surface area contributed by atoms with Crippen molar-refractivity contribution in [2.24, 2.45) is 11.8 Å². The van der Waals surface area contributed by atoms with E-state index in [1.165, 1.54) is 0 Å². The second-order valence-corrected chi connectivity index (χ2v) is 8.45. The summed E-state index contributed by atoms with van der Waals surface area (Å²) in [4.78, 5) is 15.9. The molecule has 2 aliphatic carbocycles. The van der Waals surface area contributed by atoms with Crippen LogP contribution in [0.15, 0.2) is 36.8 Å². The van der Waals surface area contributed by atoms with Crippen LogP contribution in [-0.2, 0) is 11.8 Å². The number of pyridine rings is 1. The van der Waals surface area contributed by atoms with E-state index < -0.39 is 23.2 Å². The third-order valence-corrected chi connectivity index (χ3v) is 6.35. The van der Waals surface area contributed by atoms with Gasteiger partial charge in [0.1, 0.15) is 0 Å². The summed E-state index contributed by atoms with van der Waals surface area (Å²) >= 11 is 6.18. The molecular formula is C20H16ClF3N4O2. The Morgan fingerprint density at radius 3 is 2.63 bits per heavy atom. The quantitative estimate of drug-likeness (QED) is 0.584. The third-order valence-electron chi connectivity index (χ3n) is 6.13. The predicted molar refractivity (Wildman–Crippen MR) is 102 cm³/mol. The molecule has 30 heavy (non-hydrogen) atoms. The number of aromatic amines is 1. The van der Waals surface area contributed by atoms with Gasteiger partial charge in [-0.25, -0.2) is 0 Å². The van der Waals surface area contributed by atoms with E-state index in [0.717, 1.165) is 23.2 Å². The first-order chi connectivity index (χ1) is 14.2. The summed E-state index contributed by atoms with van der Waals surface area (Å²) in [7, 11) is 0. The average Bonchev–Trinajstić information content (AvgIpc) is 3.03. The van der Waals surface area contributed by atoms with E-state index in [4.69, 9.17) is 11.6 Å². The normalized spacial score (nSPS) is 27.8. The van der Waals surface area contributed by atoms with Crippen LogP contribution in [0.25, 0.3) is 10.9 Å². The lowest BCUT2D eigenvalue weighted by Crippen LogP contribution is -2.33. The molecule has 2 aromatic heterocycles. The van der Waals surface area contributed by atoms with E-state index in [2.05, 4.69) is 20.5 Å². The predicted octanol–water partition coefficient (Wildman–Crippen LogP) is 3.66. The molecule has 3 N–H and O–H groups in total. The first kappa shape index (κ1) is 19.3. The Hall–Kier alpha value is -2.65. The van der Waals surface area contributed by atoms with E-state index >= 15 is 0 Å². The topological polar surface area (TPSA) is 90.9 Å². The molecule has 2 saturated carbocycles. The number of nitrogens with zero attached hydrogens (tertiary/aromatic N) is 2. The van der Waals surface area contributed by atoms with Gasteiger partial charge in [-0.1, -0.05) is 11.6 Å². The Bertz CT molecular complexity index is 1150. The molecule has 2 unspecified atom stereocenters. The molecular weight excluding hydrogens is 421 g/mol. The number of carbonyl (C=O) groups is 1. The average molecular weight is 437 g/mol. The van der Waals surface area contributed by atoms with Crippen LogP contribution >= 0.6 is 11.6 Å². The summed E-state index contributed by atoms with van der Waals surface area (Å²) < 4.78 is 38.5. The van der Waals surface area contributed by atoms with Crippen LogP contribution in [-0.4, -0.2) is 32.2 Å². The molecule has 3 aromatic rings. The highest BCUT2D eigenvalue weighted by molar-refractivity contribution is 6.31. The Labute approximate surface area is 173 Å². The van der Waals surface area contributed by atoms with E-state index in [9.17, 15) is 23.1 Å². The zero-order chi connectivity index (χ0) is 21.3. The number of rotatable bonds is 3. The molecule has 2 heterocycles. The summed E-state index contributed by atoms with van der Waals surface area (Å²) in [5, 5.41) is 22.2. The first-order valence-corrected chi connectivity index (χ1v) is 9.72. The Kier molecular flexibility index (Phi) is 4.14. The van der Waals surface area contributed by atoms with Crippen molar-refractivity contribution in [2.45, 2.75) is 30.7 Å². The molecule has 0 radical (unpaired) electrons. The summed E-state index contributed by atoms with van der Waals surface area (Å²) in [6, 6.07) is 4.06. The highest BCUT2D eigenvalue weighted by atomic mass is 35.5. The highest BCUT2D eigenvalue weighted by Crippen LogP contribution is 2.60. The van der Waals surface area contributed by atoms with Crippen molar-refractivity contribution in [3.63, 3.8) is 0 Å². The Morgan fingerprint density at radius 2 is 1.93 bits per heavy atom. The molecule has 0 saturated heterocycles. The Balaban J connectivity index is 1.30. The van der Waals surface area contributed by atoms with E-state index in [1.54, 1.807) is 18.3 Å². The van der Waals surface area contributed by atoms with Crippen LogP contribution in [0.4, 0.5) is 13.2 Å². The van der Waals surface area contributed by atoms with Crippen LogP contribution in [0.3, 0.4) is 0 Å². The van der Waals surface area contributed by atoms with Crippen molar-refractivity contribution < 1.29 is 23.1 Å². The van der Waals surface area contributed by atoms with Gasteiger partial charge in [0, 0.05) is 28.8 Å². The molecule has 0 aliphatic heterocycles. The molecule has 5 rings (SSSR count). The third kappa shape index (κ3) is 3.13. The number of amides is 1. The first-order valence-electron chi connectivity index (χ1n) is 9.34.